The number of carbonyl (C=O) groups excluding carboxylic acids is 3. The lowest BCUT2D eigenvalue weighted by atomic mass is 10.0. The zero-order chi connectivity index (χ0) is 10.2. The second-order valence-corrected chi connectivity index (χ2v) is 3.93. The second-order valence-electron chi connectivity index (χ2n) is 3.93. The number of nitrogens with zero attached hydrogens (tertiary/aromatic N) is 1. The summed E-state index contributed by atoms with van der Waals surface area (Å²) in [6.07, 6.45) is -0.247. The van der Waals surface area contributed by atoms with E-state index in [0.717, 1.165) is 4.90 Å². The lowest BCUT2D eigenvalue weighted by molar-refractivity contribution is -0.139. The molecule has 72 valence electrons. The summed E-state index contributed by atoms with van der Waals surface area (Å²) in [5, 5.41) is 2.09. The number of imide groups is 2. The van der Waals surface area contributed by atoms with E-state index in [1.807, 2.05) is 0 Å². The first-order valence-corrected chi connectivity index (χ1v) is 3.99. The van der Waals surface area contributed by atoms with E-state index in [4.69, 9.17) is 0 Å². The molecule has 0 aromatic rings. The third-order valence-electron chi connectivity index (χ3n) is 1.68. The highest BCUT2D eigenvalue weighted by Crippen LogP contribution is 2.17. The van der Waals surface area contributed by atoms with Crippen molar-refractivity contribution in [3.63, 3.8) is 0 Å². The Morgan fingerprint density at radius 3 is 2.15 bits per heavy atom. The molecule has 0 radical (unpaired) electrons. The summed E-state index contributed by atoms with van der Waals surface area (Å²) >= 11 is 0. The van der Waals surface area contributed by atoms with Crippen LogP contribution >= 0.6 is 0 Å². The van der Waals surface area contributed by atoms with Crippen LogP contribution in [0.15, 0.2) is 0 Å². The van der Waals surface area contributed by atoms with Gasteiger partial charge in [-0.2, -0.15) is 0 Å². The molecule has 0 aromatic carbocycles. The number of hydrogen-bond donors (Lipinski definition) is 1. The van der Waals surface area contributed by atoms with Crippen LogP contribution in [0.5, 0.6) is 0 Å². The fourth-order valence-corrected chi connectivity index (χ4v) is 1.23. The van der Waals surface area contributed by atoms with Gasteiger partial charge in [-0.25, -0.2) is 4.79 Å². The molecule has 0 saturated carbocycles. The molecule has 1 N–H and O–H groups in total. The van der Waals surface area contributed by atoms with E-state index in [2.05, 4.69) is 5.32 Å². The van der Waals surface area contributed by atoms with Crippen molar-refractivity contribution >= 4 is 17.8 Å². The van der Waals surface area contributed by atoms with E-state index in [-0.39, 0.29) is 6.42 Å². The molecular formula is C8H12N2O3. The van der Waals surface area contributed by atoms with Crippen molar-refractivity contribution in [1.82, 2.24) is 10.2 Å². The standard InChI is InChI=1S/C8H12N2O3/c1-8(2,3)10-6(12)4-5(11)9-7(10)13/h4H2,1-3H3,(H,9,11,13). The third kappa shape index (κ3) is 1.85. The van der Waals surface area contributed by atoms with Crippen LogP contribution in [-0.2, 0) is 9.59 Å². The van der Waals surface area contributed by atoms with E-state index in [1.165, 1.54) is 0 Å². The maximum atomic E-state index is 11.3. The number of urea groups is 1. The highest BCUT2D eigenvalue weighted by Gasteiger charge is 2.37. The van der Waals surface area contributed by atoms with Crippen molar-refractivity contribution in [3.05, 3.63) is 0 Å². The van der Waals surface area contributed by atoms with Gasteiger partial charge in [0.1, 0.15) is 6.42 Å². The van der Waals surface area contributed by atoms with Gasteiger partial charge in [-0.1, -0.05) is 0 Å². The van der Waals surface area contributed by atoms with E-state index in [1.54, 1.807) is 20.8 Å². The average Bonchev–Trinajstić information content (AvgIpc) is 1.78. The molecule has 1 rings (SSSR count). The summed E-state index contributed by atoms with van der Waals surface area (Å²) < 4.78 is 0. The Morgan fingerprint density at radius 2 is 1.77 bits per heavy atom. The van der Waals surface area contributed by atoms with Crippen LogP contribution in [0.4, 0.5) is 4.79 Å². The second kappa shape index (κ2) is 2.83. The number of carbonyl (C=O) groups is 3. The van der Waals surface area contributed by atoms with Gasteiger partial charge in [-0.15, -0.1) is 0 Å². The fraction of sp³-hybridized carbons (Fsp3) is 0.625. The number of rotatable bonds is 0. The normalized spacial score (nSPS) is 19.0. The monoisotopic (exact) mass is 184 g/mol. The summed E-state index contributed by atoms with van der Waals surface area (Å²) in [7, 11) is 0. The lowest BCUT2D eigenvalue weighted by Gasteiger charge is -2.35. The van der Waals surface area contributed by atoms with Gasteiger partial charge in [0, 0.05) is 5.54 Å². The van der Waals surface area contributed by atoms with Gasteiger partial charge in [-0.05, 0) is 20.8 Å². The Balaban J connectivity index is 2.92. The molecule has 0 spiro atoms. The van der Waals surface area contributed by atoms with Crippen molar-refractivity contribution < 1.29 is 14.4 Å². The molecule has 0 unspecified atom stereocenters. The Morgan fingerprint density at radius 1 is 1.23 bits per heavy atom. The Bertz CT molecular complexity index is 258. The van der Waals surface area contributed by atoms with Gasteiger partial charge < -0.3 is 0 Å². The zero-order valence-electron chi connectivity index (χ0n) is 7.88. The maximum absolute atomic E-state index is 11.3. The Hall–Kier alpha value is -1.39. The number of amides is 4. The molecular weight excluding hydrogens is 172 g/mol. The minimum atomic E-state index is -0.631. The van der Waals surface area contributed by atoms with Gasteiger partial charge in [0.25, 0.3) is 0 Å². The first-order valence-electron chi connectivity index (χ1n) is 3.99. The first kappa shape index (κ1) is 9.70. The SMILES string of the molecule is CC(C)(C)N1C(=O)CC(=O)NC1=O. The van der Waals surface area contributed by atoms with E-state index < -0.39 is 23.4 Å². The molecule has 5 nitrogen and oxygen atoms in total. The van der Waals surface area contributed by atoms with Gasteiger partial charge >= 0.3 is 6.03 Å². The third-order valence-corrected chi connectivity index (χ3v) is 1.68. The van der Waals surface area contributed by atoms with E-state index in [9.17, 15) is 14.4 Å². The molecule has 1 aliphatic heterocycles. The number of barbiturate groups is 1. The summed E-state index contributed by atoms with van der Waals surface area (Å²) in [6, 6.07) is -0.631. The van der Waals surface area contributed by atoms with Crippen LogP contribution in [0.1, 0.15) is 27.2 Å². The molecule has 0 aliphatic carbocycles. The molecule has 0 bridgehead atoms. The van der Waals surface area contributed by atoms with Crippen LogP contribution in [0.3, 0.4) is 0 Å². The lowest BCUT2D eigenvalue weighted by Crippen LogP contribution is -2.59. The molecule has 0 aromatic heterocycles. The number of hydrogen-bond acceptors (Lipinski definition) is 3. The van der Waals surface area contributed by atoms with Crippen LogP contribution in [-0.4, -0.2) is 28.3 Å². The van der Waals surface area contributed by atoms with E-state index in [0.29, 0.717) is 0 Å². The molecule has 1 fully saturated rings. The average molecular weight is 184 g/mol. The molecule has 1 heterocycles. The Kier molecular flexibility index (Phi) is 2.11. The summed E-state index contributed by atoms with van der Waals surface area (Å²) in [6.45, 7) is 5.21. The summed E-state index contributed by atoms with van der Waals surface area (Å²) in [4.78, 5) is 34.4. The van der Waals surface area contributed by atoms with Crippen LogP contribution < -0.4 is 5.32 Å². The fourth-order valence-electron chi connectivity index (χ4n) is 1.23. The maximum Gasteiger partial charge on any atom is 0.331 e. The Labute approximate surface area is 76.1 Å². The molecule has 5 heteroatoms. The van der Waals surface area contributed by atoms with E-state index >= 15 is 0 Å². The highest BCUT2D eigenvalue weighted by molar-refractivity contribution is 6.14. The van der Waals surface area contributed by atoms with Crippen molar-refractivity contribution in [3.8, 4) is 0 Å². The van der Waals surface area contributed by atoms with Crippen LogP contribution in [0, 0.1) is 0 Å². The van der Waals surface area contributed by atoms with Gasteiger partial charge in [0.2, 0.25) is 11.8 Å². The topological polar surface area (TPSA) is 66.5 Å². The minimum absolute atomic E-state index is 0.247. The predicted molar refractivity (Wildman–Crippen MR) is 44.8 cm³/mol. The summed E-state index contributed by atoms with van der Waals surface area (Å²) in [5.41, 5.74) is -0.581. The van der Waals surface area contributed by atoms with Crippen molar-refractivity contribution in [2.24, 2.45) is 0 Å². The smallest absolute Gasteiger partial charge is 0.277 e. The van der Waals surface area contributed by atoms with Gasteiger partial charge in [0.05, 0.1) is 0 Å². The highest BCUT2D eigenvalue weighted by atomic mass is 16.2. The van der Waals surface area contributed by atoms with Crippen LogP contribution in [0.25, 0.3) is 0 Å². The van der Waals surface area contributed by atoms with Crippen molar-refractivity contribution in [2.75, 3.05) is 0 Å². The van der Waals surface area contributed by atoms with Crippen molar-refractivity contribution in [1.29, 1.82) is 0 Å². The molecule has 1 aliphatic rings. The quantitative estimate of drug-likeness (QED) is 0.549. The molecule has 4 amide bonds. The largest absolute Gasteiger partial charge is 0.331 e. The summed E-state index contributed by atoms with van der Waals surface area (Å²) in [5.74, 6) is -0.975. The molecule has 13 heavy (non-hydrogen) atoms. The van der Waals surface area contributed by atoms with Crippen LogP contribution in [0.2, 0.25) is 0 Å². The molecule has 1 saturated heterocycles. The zero-order valence-corrected chi connectivity index (χ0v) is 7.88. The number of nitrogens with one attached hydrogen (secondary N) is 1. The van der Waals surface area contributed by atoms with Crippen molar-refractivity contribution in [2.45, 2.75) is 32.7 Å². The predicted octanol–water partition coefficient (Wildman–Crippen LogP) is 0.253. The molecule has 0 atom stereocenters. The first-order chi connectivity index (χ1) is 5.82. The van der Waals surface area contributed by atoms with Gasteiger partial charge in [0.15, 0.2) is 0 Å². The minimum Gasteiger partial charge on any atom is -0.277 e. The van der Waals surface area contributed by atoms with Gasteiger partial charge in [-0.3, -0.25) is 19.8 Å².